The molecule has 6 nitrogen and oxygen atoms in total. The van der Waals surface area contributed by atoms with Crippen LogP contribution in [0.4, 0.5) is 14.5 Å². The smallest absolute Gasteiger partial charge is 0.474 e. The molecule has 0 radical (unpaired) electrons. The van der Waals surface area contributed by atoms with Gasteiger partial charge in [0, 0.05) is 6.07 Å². The summed E-state index contributed by atoms with van der Waals surface area (Å²) in [5.41, 5.74) is -0.150. The molecular weight excluding hydrogens is 252 g/mol. The third kappa shape index (κ3) is 2.90. The second-order valence-corrected chi connectivity index (χ2v) is 3.34. The fraction of sp³-hybridized carbons (Fsp3) is 0.300. The summed E-state index contributed by atoms with van der Waals surface area (Å²) in [7, 11) is 0. The summed E-state index contributed by atoms with van der Waals surface area (Å²) in [6, 6.07) is 3.36. The molecule has 8 heteroatoms. The molecule has 1 N–H and O–H groups in total. The number of carboxylic acids is 1. The van der Waals surface area contributed by atoms with Crippen LogP contribution >= 0.6 is 0 Å². The molecule has 0 unspecified atom stereocenters. The highest BCUT2D eigenvalue weighted by molar-refractivity contribution is 5.74. The van der Waals surface area contributed by atoms with E-state index in [1.54, 1.807) is 6.92 Å². The Kier molecular flexibility index (Phi) is 3.79. The fourth-order valence-electron chi connectivity index (χ4n) is 1.19. The van der Waals surface area contributed by atoms with Crippen LogP contribution in [0.2, 0.25) is 0 Å². The van der Waals surface area contributed by atoms with E-state index in [2.05, 4.69) is 4.74 Å². The molecule has 18 heavy (non-hydrogen) atoms. The first kappa shape index (κ1) is 13.8. The Morgan fingerprint density at radius 3 is 2.61 bits per heavy atom. The second-order valence-electron chi connectivity index (χ2n) is 3.34. The third-order valence-corrected chi connectivity index (χ3v) is 2.12. The molecule has 0 spiro atoms. The standard InChI is InChI=1S/C10H9F2NO5/c1-2-6-3-4-8(7(5-6)13(16)17)18-10(11,12)9(14)15/h3-5H,2H2,1H3,(H,14,15). The van der Waals surface area contributed by atoms with Crippen molar-refractivity contribution in [2.24, 2.45) is 0 Å². The molecule has 0 aliphatic carbocycles. The summed E-state index contributed by atoms with van der Waals surface area (Å²) in [6.45, 7) is 1.73. The number of nitro groups is 1. The average molecular weight is 261 g/mol. The first-order valence-corrected chi connectivity index (χ1v) is 4.85. The largest absolute Gasteiger partial charge is 0.502 e. The summed E-state index contributed by atoms with van der Waals surface area (Å²) < 4.78 is 29.5. The lowest BCUT2D eigenvalue weighted by molar-refractivity contribution is -0.387. The van der Waals surface area contributed by atoms with Gasteiger partial charge in [0.25, 0.3) is 0 Å². The molecule has 0 amide bonds. The van der Waals surface area contributed by atoms with Crippen LogP contribution < -0.4 is 4.74 Å². The van der Waals surface area contributed by atoms with E-state index in [1.807, 2.05) is 0 Å². The Morgan fingerprint density at radius 2 is 2.17 bits per heavy atom. The van der Waals surface area contributed by atoms with Crippen molar-refractivity contribution in [3.63, 3.8) is 0 Å². The fourth-order valence-corrected chi connectivity index (χ4v) is 1.19. The summed E-state index contributed by atoms with van der Waals surface area (Å²) in [5, 5.41) is 18.9. The van der Waals surface area contributed by atoms with Crippen molar-refractivity contribution < 1.29 is 28.3 Å². The van der Waals surface area contributed by atoms with Crippen molar-refractivity contribution >= 4 is 11.7 Å². The van der Waals surface area contributed by atoms with Gasteiger partial charge in [-0.15, -0.1) is 0 Å². The van der Waals surface area contributed by atoms with Crippen LogP contribution in [0.5, 0.6) is 5.75 Å². The van der Waals surface area contributed by atoms with Crippen molar-refractivity contribution in [1.29, 1.82) is 0 Å². The van der Waals surface area contributed by atoms with Crippen LogP contribution in [0.1, 0.15) is 12.5 Å². The Morgan fingerprint density at radius 1 is 1.56 bits per heavy atom. The molecule has 1 aromatic carbocycles. The summed E-state index contributed by atoms with van der Waals surface area (Å²) in [4.78, 5) is 20.0. The normalized spacial score (nSPS) is 11.1. The summed E-state index contributed by atoms with van der Waals surface area (Å²) in [5.74, 6) is -3.30. The molecule has 0 atom stereocenters. The SMILES string of the molecule is CCc1ccc(OC(F)(F)C(=O)O)c([N+](=O)[O-])c1. The summed E-state index contributed by atoms with van der Waals surface area (Å²) in [6.07, 6.45) is -4.05. The van der Waals surface area contributed by atoms with Gasteiger partial charge in [0.2, 0.25) is 5.75 Å². The van der Waals surface area contributed by atoms with Gasteiger partial charge in [-0.25, -0.2) is 4.79 Å². The molecular formula is C10H9F2NO5. The molecule has 0 aromatic heterocycles. The zero-order valence-electron chi connectivity index (χ0n) is 9.22. The van der Waals surface area contributed by atoms with Gasteiger partial charge < -0.3 is 9.84 Å². The number of nitro benzene ring substituents is 1. The number of ether oxygens (including phenoxy) is 1. The number of nitrogens with zero attached hydrogens (tertiary/aromatic N) is 1. The molecule has 0 heterocycles. The number of carboxylic acid groups (broad SMARTS) is 1. The third-order valence-electron chi connectivity index (χ3n) is 2.12. The van der Waals surface area contributed by atoms with E-state index in [0.29, 0.717) is 12.0 Å². The number of hydrogen-bond acceptors (Lipinski definition) is 4. The number of alkyl halides is 2. The lowest BCUT2D eigenvalue weighted by Gasteiger charge is -2.13. The van der Waals surface area contributed by atoms with Crippen molar-refractivity contribution in [3.8, 4) is 5.75 Å². The van der Waals surface area contributed by atoms with Crippen molar-refractivity contribution in [2.75, 3.05) is 0 Å². The molecule has 0 fully saturated rings. The molecule has 0 aliphatic heterocycles. The topological polar surface area (TPSA) is 89.7 Å². The molecule has 0 saturated heterocycles. The monoisotopic (exact) mass is 261 g/mol. The lowest BCUT2D eigenvalue weighted by Crippen LogP contribution is -2.35. The maximum Gasteiger partial charge on any atom is 0.502 e. The van der Waals surface area contributed by atoms with Crippen LogP contribution in [0.15, 0.2) is 18.2 Å². The van der Waals surface area contributed by atoms with Crippen LogP contribution in [0.25, 0.3) is 0 Å². The van der Waals surface area contributed by atoms with Crippen molar-refractivity contribution in [3.05, 3.63) is 33.9 Å². The Labute approximate surface area is 99.9 Å². The number of aliphatic carboxylic acids is 1. The highest BCUT2D eigenvalue weighted by Gasteiger charge is 2.43. The first-order valence-electron chi connectivity index (χ1n) is 4.85. The van der Waals surface area contributed by atoms with Crippen LogP contribution in [-0.4, -0.2) is 22.1 Å². The lowest BCUT2D eigenvalue weighted by atomic mass is 10.1. The zero-order valence-corrected chi connectivity index (χ0v) is 9.22. The minimum Gasteiger partial charge on any atom is -0.474 e. The van der Waals surface area contributed by atoms with Gasteiger partial charge in [-0.2, -0.15) is 8.78 Å². The van der Waals surface area contributed by atoms with Crippen LogP contribution in [0, 0.1) is 10.1 Å². The van der Waals surface area contributed by atoms with Gasteiger partial charge in [0.05, 0.1) is 4.92 Å². The predicted molar refractivity (Wildman–Crippen MR) is 55.7 cm³/mol. The highest BCUT2D eigenvalue weighted by Crippen LogP contribution is 2.32. The molecule has 0 aliphatic rings. The number of rotatable bonds is 5. The molecule has 1 aromatic rings. The first-order chi connectivity index (χ1) is 8.27. The number of carbonyl (C=O) groups is 1. The molecule has 0 saturated carbocycles. The number of aryl methyl sites for hydroxylation is 1. The number of benzene rings is 1. The van der Waals surface area contributed by atoms with E-state index in [0.717, 1.165) is 12.1 Å². The van der Waals surface area contributed by atoms with E-state index in [9.17, 15) is 23.7 Å². The molecule has 1 rings (SSSR count). The minimum atomic E-state index is -4.52. The highest BCUT2D eigenvalue weighted by atomic mass is 19.3. The van der Waals surface area contributed by atoms with Crippen LogP contribution in [0.3, 0.4) is 0 Å². The van der Waals surface area contributed by atoms with Gasteiger partial charge in [0.15, 0.2) is 0 Å². The minimum absolute atomic E-state index is 0.469. The maximum absolute atomic E-state index is 12.8. The predicted octanol–water partition coefficient (Wildman–Crippen LogP) is 2.21. The number of hydrogen-bond donors (Lipinski definition) is 1. The van der Waals surface area contributed by atoms with Crippen molar-refractivity contribution in [2.45, 2.75) is 19.5 Å². The van der Waals surface area contributed by atoms with Gasteiger partial charge in [-0.1, -0.05) is 13.0 Å². The van der Waals surface area contributed by atoms with Gasteiger partial charge in [-0.3, -0.25) is 10.1 Å². The number of halogens is 2. The van der Waals surface area contributed by atoms with E-state index in [4.69, 9.17) is 5.11 Å². The van der Waals surface area contributed by atoms with Crippen molar-refractivity contribution in [1.82, 2.24) is 0 Å². The quantitative estimate of drug-likeness (QED) is 0.648. The Bertz CT molecular complexity index is 489. The summed E-state index contributed by atoms with van der Waals surface area (Å²) >= 11 is 0. The van der Waals surface area contributed by atoms with Gasteiger partial charge in [0.1, 0.15) is 0 Å². The Balaban J connectivity index is 3.17. The van der Waals surface area contributed by atoms with E-state index in [1.165, 1.54) is 6.07 Å². The zero-order chi connectivity index (χ0) is 13.9. The second kappa shape index (κ2) is 4.94. The molecule has 0 bridgehead atoms. The van der Waals surface area contributed by atoms with E-state index < -0.39 is 28.4 Å². The average Bonchev–Trinajstić information content (AvgIpc) is 2.28. The van der Waals surface area contributed by atoms with Gasteiger partial charge >= 0.3 is 17.8 Å². The molecule has 98 valence electrons. The van der Waals surface area contributed by atoms with Gasteiger partial charge in [-0.05, 0) is 18.1 Å². The maximum atomic E-state index is 12.8. The van der Waals surface area contributed by atoms with Crippen LogP contribution in [-0.2, 0) is 11.2 Å². The van der Waals surface area contributed by atoms with E-state index >= 15 is 0 Å². The van der Waals surface area contributed by atoms with E-state index in [-0.39, 0.29) is 0 Å². The Hall–Kier alpha value is -2.25.